The molecule has 2 N–H and O–H groups in total. The minimum atomic E-state index is -1.32. The van der Waals surface area contributed by atoms with Crippen molar-refractivity contribution in [2.45, 2.75) is 88.7 Å². The van der Waals surface area contributed by atoms with Crippen molar-refractivity contribution in [3.63, 3.8) is 0 Å². The first-order valence-electron chi connectivity index (χ1n) is 23.4. The van der Waals surface area contributed by atoms with Crippen LogP contribution in [0.1, 0.15) is 80.4 Å². The molecule has 4 aromatic carbocycles. The van der Waals surface area contributed by atoms with E-state index in [4.69, 9.17) is 24.2 Å². The number of fused-ring (bicyclic) bond motifs is 3. The predicted octanol–water partition coefficient (Wildman–Crippen LogP) is 8.81. The average Bonchev–Trinajstić information content (AvgIpc) is 4.26. The Morgan fingerprint density at radius 2 is 1.71 bits per heavy atom. The molecule has 5 aliphatic rings. The van der Waals surface area contributed by atoms with E-state index in [1.807, 2.05) is 42.5 Å². The molecular weight excluding hydrogens is 791 g/mol. The second kappa shape index (κ2) is 19.8. The summed E-state index contributed by atoms with van der Waals surface area (Å²) >= 11 is 0. The van der Waals surface area contributed by atoms with Crippen molar-refractivity contribution >= 4 is 22.4 Å². The lowest BCUT2D eigenvalue weighted by Gasteiger charge is -2.60. The Balaban J connectivity index is 1.23. The Morgan fingerprint density at radius 3 is 2.49 bits per heavy atom. The molecule has 2 aliphatic heterocycles. The maximum absolute atomic E-state index is 15.1. The first kappa shape index (κ1) is 43.3. The number of ether oxygens (including phenoxy) is 3. The van der Waals surface area contributed by atoms with Crippen molar-refractivity contribution in [3.8, 4) is 11.5 Å². The van der Waals surface area contributed by atoms with Crippen LogP contribution in [0.2, 0.25) is 0 Å². The maximum atomic E-state index is 15.1. The van der Waals surface area contributed by atoms with E-state index < -0.39 is 11.8 Å². The topological polar surface area (TPSA) is 113 Å². The zero-order chi connectivity index (χ0) is 43.2. The monoisotopic (exact) mass is 853 g/mol. The van der Waals surface area contributed by atoms with E-state index in [2.05, 4.69) is 71.0 Å². The fraction of sp³-hybridized carbons (Fsp3) is 0.472. The quantitative estimate of drug-likeness (QED) is 0.0350. The average molecular weight is 854 g/mol. The predicted molar refractivity (Wildman–Crippen MR) is 245 cm³/mol. The van der Waals surface area contributed by atoms with Crippen LogP contribution in [-0.4, -0.2) is 89.5 Å². The number of carbonyl (C=O) groups is 1. The number of allylic oxidation sites excluding steroid dienone is 1. The van der Waals surface area contributed by atoms with Gasteiger partial charge >= 0.3 is 0 Å². The minimum absolute atomic E-state index is 0.0741. The van der Waals surface area contributed by atoms with Gasteiger partial charge in [-0.05, 0) is 96.0 Å². The van der Waals surface area contributed by atoms with Crippen molar-refractivity contribution < 1.29 is 34.1 Å². The maximum Gasteiger partial charge on any atom is 0.239 e. The highest BCUT2D eigenvalue weighted by Crippen LogP contribution is 2.62. The van der Waals surface area contributed by atoms with Gasteiger partial charge in [-0.3, -0.25) is 9.69 Å². The minimum Gasteiger partial charge on any atom is -0.492 e. The molecule has 2 heterocycles. The van der Waals surface area contributed by atoms with Gasteiger partial charge in [0.2, 0.25) is 11.7 Å². The molecule has 0 radical (unpaired) electrons. The van der Waals surface area contributed by atoms with Gasteiger partial charge in [-0.1, -0.05) is 103 Å². The number of hydrogen-bond acceptors (Lipinski definition) is 9. The molecule has 0 bridgehead atoms. The van der Waals surface area contributed by atoms with Crippen LogP contribution in [0.3, 0.4) is 0 Å². The second-order valence-electron chi connectivity index (χ2n) is 18.1. The molecule has 0 unspecified atom stereocenters. The van der Waals surface area contributed by atoms with E-state index >= 15 is 4.79 Å². The number of hydrogen-bond donors (Lipinski definition) is 2. The number of aliphatic hydroxyl groups excluding tert-OH is 2. The number of unbranched alkanes of at least 4 members (excludes halogenated alkanes) is 2. The summed E-state index contributed by atoms with van der Waals surface area (Å²) < 4.78 is 21.2. The molecule has 0 spiro atoms. The van der Waals surface area contributed by atoms with Crippen LogP contribution in [0.4, 0.5) is 0 Å². The second-order valence-corrected chi connectivity index (χ2v) is 18.1. The van der Waals surface area contributed by atoms with Crippen LogP contribution in [0, 0.1) is 23.7 Å². The molecule has 1 saturated heterocycles. The van der Waals surface area contributed by atoms with Crippen molar-refractivity contribution in [2.75, 3.05) is 46.1 Å². The Bertz CT molecular complexity index is 2270. The third-order valence-electron chi connectivity index (χ3n) is 13.9. The van der Waals surface area contributed by atoms with Crippen LogP contribution in [0.15, 0.2) is 120 Å². The fourth-order valence-electron chi connectivity index (χ4n) is 10.6. The summed E-state index contributed by atoms with van der Waals surface area (Å²) in [7, 11) is 0. The van der Waals surface area contributed by atoms with Gasteiger partial charge < -0.3 is 34.2 Å². The number of rotatable bonds is 22. The van der Waals surface area contributed by atoms with Crippen molar-refractivity contribution in [3.05, 3.63) is 132 Å². The lowest BCUT2D eigenvalue weighted by molar-refractivity contribution is -0.258. The molecule has 10 heteroatoms. The number of aliphatic hydroxyl groups is 2. The molecule has 1 amide bonds. The third-order valence-corrected chi connectivity index (χ3v) is 13.9. The standard InChI is InChI=1S/C53H63N3O7/c1-2-30-61-53-49(56(52(59)39-21-22-39)35-41-18-12-17-38-15-6-7-19-43(38)41)34-47(54-62-36-37-13-4-3-5-14-37)45-32-40(16-8-10-28-57)44(20-9-11-29-58)50(51(45)53)46-33-42(23-24-48(46)63-53)60-31-27-55-25-26-55/h2-7,12-15,17-19,23-24,32-33,39-40,44,49-51,57-58H,1,8-11,16,20-22,25-31,34-36H2/t40-,44+,49-,50+,51+,53+/m0/s1. The van der Waals surface area contributed by atoms with E-state index in [0.717, 1.165) is 108 Å². The van der Waals surface area contributed by atoms with Crippen LogP contribution >= 0.6 is 0 Å². The van der Waals surface area contributed by atoms with Crippen molar-refractivity contribution in [1.29, 1.82) is 0 Å². The van der Waals surface area contributed by atoms with Crippen LogP contribution < -0.4 is 9.47 Å². The van der Waals surface area contributed by atoms with Gasteiger partial charge in [-0.25, -0.2) is 0 Å². The Kier molecular flexibility index (Phi) is 13.6. The van der Waals surface area contributed by atoms with Gasteiger partial charge in [0.1, 0.15) is 30.8 Å². The summed E-state index contributed by atoms with van der Waals surface area (Å²) in [6.45, 7) is 8.98. The molecule has 3 aliphatic carbocycles. The number of benzene rings is 4. The highest BCUT2D eigenvalue weighted by molar-refractivity contribution is 6.03. The highest BCUT2D eigenvalue weighted by Gasteiger charge is 2.66. The van der Waals surface area contributed by atoms with Gasteiger partial charge in [0.15, 0.2) is 0 Å². The summed E-state index contributed by atoms with van der Waals surface area (Å²) in [6, 6.07) is 30.4. The van der Waals surface area contributed by atoms with Gasteiger partial charge in [-0.2, -0.15) is 0 Å². The number of carbonyl (C=O) groups excluding carboxylic acids is 1. The molecule has 63 heavy (non-hydrogen) atoms. The summed E-state index contributed by atoms with van der Waals surface area (Å²) in [4.78, 5) is 25.9. The van der Waals surface area contributed by atoms with Gasteiger partial charge in [-0.15, -0.1) is 6.58 Å². The first-order chi connectivity index (χ1) is 31.0. The van der Waals surface area contributed by atoms with Crippen LogP contribution in [0.5, 0.6) is 11.5 Å². The fourth-order valence-corrected chi connectivity index (χ4v) is 10.6. The zero-order valence-electron chi connectivity index (χ0n) is 36.5. The SMILES string of the molecule is C=CCO[C@@]12Oc3ccc(OCCN4CC4)cc3[C@H]3[C@H](CCCCO)[C@@H](CCCCO)C=C(C(=NOCc4ccccc4)C[C@@H]1N(Cc1cccc4ccccc14)C(=O)C1CC1)[C@H]32. The molecule has 332 valence electrons. The molecule has 4 aromatic rings. The lowest BCUT2D eigenvalue weighted by atomic mass is 9.55. The van der Waals surface area contributed by atoms with Crippen molar-refractivity contribution in [2.24, 2.45) is 28.8 Å². The summed E-state index contributed by atoms with van der Waals surface area (Å²) in [5.41, 5.74) is 4.97. The molecule has 6 atom stereocenters. The van der Waals surface area contributed by atoms with Gasteiger partial charge in [0.25, 0.3) is 0 Å². The van der Waals surface area contributed by atoms with Gasteiger partial charge in [0.05, 0.1) is 18.2 Å². The largest absolute Gasteiger partial charge is 0.492 e. The van der Waals surface area contributed by atoms with E-state index in [1.165, 1.54) is 0 Å². The first-order valence-corrected chi connectivity index (χ1v) is 23.4. The number of amides is 1. The van der Waals surface area contributed by atoms with Crippen LogP contribution in [0.25, 0.3) is 10.8 Å². The van der Waals surface area contributed by atoms with E-state index in [-0.39, 0.29) is 55.3 Å². The normalized spacial score (nSPS) is 25.4. The lowest BCUT2D eigenvalue weighted by Crippen LogP contribution is -2.70. The molecule has 0 aromatic heterocycles. The highest BCUT2D eigenvalue weighted by atomic mass is 16.7. The number of oxime groups is 1. The Labute approximate surface area is 372 Å². The van der Waals surface area contributed by atoms with E-state index in [9.17, 15) is 10.2 Å². The summed E-state index contributed by atoms with van der Waals surface area (Å²) in [5.74, 6) is -0.00148. The Hall–Kier alpha value is -5.00. The van der Waals surface area contributed by atoms with Gasteiger partial charge in [0, 0.05) is 63.2 Å². The molecule has 3 fully saturated rings. The van der Waals surface area contributed by atoms with Crippen LogP contribution in [-0.2, 0) is 27.5 Å². The smallest absolute Gasteiger partial charge is 0.239 e. The number of nitrogens with zero attached hydrogens (tertiary/aromatic N) is 3. The molecule has 2 saturated carbocycles. The van der Waals surface area contributed by atoms with E-state index in [1.54, 1.807) is 6.08 Å². The summed E-state index contributed by atoms with van der Waals surface area (Å²) in [6.07, 6.45) is 11.1. The molecule has 9 rings (SSSR count). The molecule has 10 nitrogen and oxygen atoms in total. The third kappa shape index (κ3) is 9.46. The van der Waals surface area contributed by atoms with E-state index in [0.29, 0.717) is 39.0 Å². The Morgan fingerprint density at radius 1 is 0.937 bits per heavy atom. The molecular formula is C53H63N3O7. The summed E-state index contributed by atoms with van der Waals surface area (Å²) in [5, 5.41) is 27.3. The zero-order valence-corrected chi connectivity index (χ0v) is 36.5. The van der Waals surface area contributed by atoms with Crippen molar-refractivity contribution in [1.82, 2.24) is 9.80 Å².